The van der Waals surface area contributed by atoms with Crippen molar-refractivity contribution in [3.8, 4) is 0 Å². The van der Waals surface area contributed by atoms with Crippen LogP contribution in [0.15, 0.2) is 58.7 Å². The van der Waals surface area contributed by atoms with Gasteiger partial charge in [0.2, 0.25) is 5.91 Å². The fourth-order valence-electron chi connectivity index (χ4n) is 4.71. The first kappa shape index (κ1) is 20.6. The van der Waals surface area contributed by atoms with Gasteiger partial charge < -0.3 is 14.8 Å². The van der Waals surface area contributed by atoms with E-state index in [1.807, 2.05) is 28.5 Å². The molecule has 0 unspecified atom stereocenters. The molecule has 0 spiro atoms. The Labute approximate surface area is 188 Å². The summed E-state index contributed by atoms with van der Waals surface area (Å²) in [6.07, 6.45) is 1.36. The van der Waals surface area contributed by atoms with Crippen LogP contribution in [0.1, 0.15) is 33.3 Å². The minimum absolute atomic E-state index is 0.101. The zero-order valence-corrected chi connectivity index (χ0v) is 18.1. The van der Waals surface area contributed by atoms with E-state index < -0.39 is 11.7 Å². The van der Waals surface area contributed by atoms with Crippen molar-refractivity contribution < 1.29 is 14.0 Å². The van der Waals surface area contributed by atoms with Gasteiger partial charge in [0.1, 0.15) is 11.5 Å². The van der Waals surface area contributed by atoms with Crippen molar-refractivity contribution >= 4 is 28.8 Å². The number of amides is 2. The van der Waals surface area contributed by atoms with Crippen LogP contribution >= 0.6 is 11.3 Å². The molecule has 2 atom stereocenters. The monoisotopic (exact) mass is 451 g/mol. The second kappa shape index (κ2) is 8.35. The number of aromatic nitrogens is 1. The maximum absolute atomic E-state index is 13.1. The van der Waals surface area contributed by atoms with Crippen molar-refractivity contribution in [2.24, 2.45) is 5.92 Å². The van der Waals surface area contributed by atoms with Gasteiger partial charge in [-0.1, -0.05) is 6.07 Å². The zero-order chi connectivity index (χ0) is 22.2. The van der Waals surface area contributed by atoms with Crippen LogP contribution < -0.4 is 10.9 Å². The molecule has 1 aromatic carbocycles. The molecule has 2 amide bonds. The topological polar surface area (TPSA) is 71.4 Å². The highest BCUT2D eigenvalue weighted by Gasteiger charge is 2.36. The van der Waals surface area contributed by atoms with Crippen molar-refractivity contribution in [3.63, 3.8) is 0 Å². The molecule has 3 aromatic rings. The maximum atomic E-state index is 13.1. The van der Waals surface area contributed by atoms with Crippen LogP contribution in [0.4, 0.5) is 10.1 Å². The third-order valence-corrected chi connectivity index (χ3v) is 7.09. The molecule has 6 nitrogen and oxygen atoms in total. The van der Waals surface area contributed by atoms with Crippen LogP contribution in [0.5, 0.6) is 0 Å². The Morgan fingerprint density at radius 3 is 2.62 bits per heavy atom. The van der Waals surface area contributed by atoms with Gasteiger partial charge in [0, 0.05) is 41.7 Å². The largest absolute Gasteiger partial charge is 0.341 e. The highest BCUT2D eigenvalue weighted by molar-refractivity contribution is 7.10. The van der Waals surface area contributed by atoms with Gasteiger partial charge in [-0.05, 0) is 60.2 Å². The molecule has 0 radical (unpaired) electrons. The average molecular weight is 452 g/mol. The van der Waals surface area contributed by atoms with Gasteiger partial charge in [-0.15, -0.1) is 11.3 Å². The minimum atomic E-state index is -0.455. The van der Waals surface area contributed by atoms with Gasteiger partial charge >= 0.3 is 0 Å². The number of carbonyl (C=O) groups excluding carboxylic acids is 2. The number of piperidine rings is 1. The number of pyridine rings is 1. The lowest BCUT2D eigenvalue weighted by molar-refractivity contribution is -0.133. The first-order chi connectivity index (χ1) is 15.5. The SMILES string of the molecule is O=C(Nc1ccc2n(c1=O)C[C@@H]1C[C@@H]2CN(C(=O)Cc2cccs2)C1)c1ccc(F)cc1. The lowest BCUT2D eigenvalue weighted by atomic mass is 9.83. The van der Waals surface area contributed by atoms with E-state index in [2.05, 4.69) is 5.32 Å². The summed E-state index contributed by atoms with van der Waals surface area (Å²) in [4.78, 5) is 41.4. The Morgan fingerprint density at radius 1 is 1.06 bits per heavy atom. The second-order valence-electron chi connectivity index (χ2n) is 8.40. The molecular formula is C24H22FN3O3S. The minimum Gasteiger partial charge on any atom is -0.341 e. The molecule has 2 aliphatic heterocycles. The number of nitrogens with zero attached hydrogens (tertiary/aromatic N) is 2. The molecule has 0 aliphatic carbocycles. The normalized spacial score (nSPS) is 19.3. The maximum Gasteiger partial charge on any atom is 0.274 e. The van der Waals surface area contributed by atoms with E-state index in [0.717, 1.165) is 17.0 Å². The number of likely N-dealkylation sites (tertiary alicyclic amines) is 1. The summed E-state index contributed by atoms with van der Waals surface area (Å²) >= 11 is 1.59. The van der Waals surface area contributed by atoms with Gasteiger partial charge in [0.25, 0.3) is 11.5 Å². The number of anilines is 1. The predicted octanol–water partition coefficient (Wildman–Crippen LogP) is 3.49. The number of halogens is 1. The lowest BCUT2D eigenvalue weighted by Gasteiger charge is -2.43. The number of carbonyl (C=O) groups is 2. The molecule has 32 heavy (non-hydrogen) atoms. The fraction of sp³-hybridized carbons (Fsp3) is 0.292. The van der Waals surface area contributed by atoms with Crippen LogP contribution in [0, 0.1) is 11.7 Å². The summed E-state index contributed by atoms with van der Waals surface area (Å²) in [5, 5.41) is 4.63. The van der Waals surface area contributed by atoms with E-state index in [4.69, 9.17) is 0 Å². The van der Waals surface area contributed by atoms with Crippen LogP contribution in [-0.4, -0.2) is 34.4 Å². The molecule has 0 saturated carbocycles. The van der Waals surface area contributed by atoms with E-state index in [1.165, 1.54) is 24.3 Å². The average Bonchev–Trinajstić information content (AvgIpc) is 3.29. The number of thiophene rings is 1. The molecule has 2 aromatic heterocycles. The van der Waals surface area contributed by atoms with E-state index in [-0.39, 0.29) is 34.6 Å². The fourth-order valence-corrected chi connectivity index (χ4v) is 5.41. The standard InChI is InChI=1S/C24H22FN3O3S/c25-18-5-3-16(4-6-18)23(30)26-20-7-8-21-17-10-15(13-28(21)24(20)31)12-27(14-17)22(29)11-19-2-1-9-32-19/h1-9,15,17H,10-14H2,(H,26,30)/t15-,17-/m1/s1. The van der Waals surface area contributed by atoms with Gasteiger partial charge in [-0.25, -0.2) is 4.39 Å². The van der Waals surface area contributed by atoms with Crippen molar-refractivity contribution in [1.29, 1.82) is 0 Å². The van der Waals surface area contributed by atoms with E-state index in [0.29, 0.717) is 26.1 Å². The molecule has 164 valence electrons. The van der Waals surface area contributed by atoms with Gasteiger partial charge in [0.15, 0.2) is 0 Å². The van der Waals surface area contributed by atoms with Crippen LogP contribution in [0.3, 0.4) is 0 Å². The third kappa shape index (κ3) is 3.98. The molecule has 1 fully saturated rings. The summed E-state index contributed by atoms with van der Waals surface area (Å²) in [5.74, 6) is -0.450. The first-order valence-corrected chi connectivity index (χ1v) is 11.5. The molecule has 8 heteroatoms. The Morgan fingerprint density at radius 2 is 1.88 bits per heavy atom. The lowest BCUT2D eigenvalue weighted by Crippen LogP contribution is -2.49. The van der Waals surface area contributed by atoms with Crippen molar-refractivity contribution in [2.75, 3.05) is 18.4 Å². The Hall–Kier alpha value is -3.26. The van der Waals surface area contributed by atoms with Crippen molar-refractivity contribution in [1.82, 2.24) is 9.47 Å². The predicted molar refractivity (Wildman–Crippen MR) is 121 cm³/mol. The van der Waals surface area contributed by atoms with Crippen molar-refractivity contribution in [2.45, 2.75) is 25.3 Å². The summed E-state index contributed by atoms with van der Waals surface area (Å²) in [5.41, 5.74) is 1.14. The van der Waals surface area contributed by atoms with Gasteiger partial charge in [-0.2, -0.15) is 0 Å². The van der Waals surface area contributed by atoms with Crippen LogP contribution in [0.25, 0.3) is 0 Å². The number of hydrogen-bond donors (Lipinski definition) is 1. The molecule has 4 heterocycles. The third-order valence-electron chi connectivity index (χ3n) is 6.22. The number of benzene rings is 1. The number of rotatable bonds is 4. The molecular weight excluding hydrogens is 429 g/mol. The first-order valence-electron chi connectivity index (χ1n) is 10.6. The molecule has 1 N–H and O–H groups in total. The Kier molecular flexibility index (Phi) is 5.38. The quantitative estimate of drug-likeness (QED) is 0.660. The highest BCUT2D eigenvalue weighted by atomic mass is 32.1. The summed E-state index contributed by atoms with van der Waals surface area (Å²) in [7, 11) is 0. The highest BCUT2D eigenvalue weighted by Crippen LogP contribution is 2.35. The summed E-state index contributed by atoms with van der Waals surface area (Å²) in [6.45, 7) is 1.76. The van der Waals surface area contributed by atoms with Gasteiger partial charge in [-0.3, -0.25) is 14.4 Å². The number of hydrogen-bond acceptors (Lipinski definition) is 4. The zero-order valence-electron chi connectivity index (χ0n) is 17.3. The second-order valence-corrected chi connectivity index (χ2v) is 9.43. The van der Waals surface area contributed by atoms with E-state index in [1.54, 1.807) is 22.0 Å². The molecule has 1 saturated heterocycles. The summed E-state index contributed by atoms with van der Waals surface area (Å²) in [6, 6.07) is 12.6. The van der Waals surface area contributed by atoms with Crippen LogP contribution in [-0.2, 0) is 17.8 Å². The van der Waals surface area contributed by atoms with Crippen molar-refractivity contribution in [3.05, 3.63) is 86.2 Å². The van der Waals surface area contributed by atoms with E-state index in [9.17, 15) is 18.8 Å². The molecule has 2 aliphatic rings. The molecule has 5 rings (SSSR count). The smallest absolute Gasteiger partial charge is 0.274 e. The number of nitrogens with one attached hydrogen (secondary N) is 1. The van der Waals surface area contributed by atoms with Gasteiger partial charge in [0.05, 0.1) is 6.42 Å². The summed E-state index contributed by atoms with van der Waals surface area (Å²) < 4.78 is 14.8. The Balaban J connectivity index is 1.34. The molecule has 2 bridgehead atoms. The van der Waals surface area contributed by atoms with E-state index >= 15 is 0 Å². The Bertz CT molecular complexity index is 1220. The van der Waals surface area contributed by atoms with Crippen LogP contribution in [0.2, 0.25) is 0 Å². The number of fused-ring (bicyclic) bond motifs is 4.